The van der Waals surface area contributed by atoms with Crippen molar-refractivity contribution in [2.45, 2.75) is 88.4 Å². The minimum Gasteiger partial charge on any atom is -0.494 e. The summed E-state index contributed by atoms with van der Waals surface area (Å²) in [6, 6.07) is 6.41. The second kappa shape index (κ2) is 15.0. The van der Waals surface area contributed by atoms with Gasteiger partial charge >= 0.3 is 0 Å². The molecule has 0 unspecified atom stereocenters. The first-order chi connectivity index (χ1) is 20.0. The van der Waals surface area contributed by atoms with Crippen molar-refractivity contribution in [2.75, 3.05) is 52.5 Å². The van der Waals surface area contributed by atoms with Gasteiger partial charge in [0.15, 0.2) is 0 Å². The topological polar surface area (TPSA) is 112 Å². The van der Waals surface area contributed by atoms with Crippen LogP contribution < -0.4 is 20.7 Å². The SMILES string of the molecule is O=C(NC1CCCC1)[C@@H]1CCCCOc2cccc(c2)C[C@H](N2CCC2)C(=O)N[C@@H](CCN2CCOCC2)C(=O)N1. The average Bonchev–Trinajstić information content (AvgIpc) is 3.46. The van der Waals surface area contributed by atoms with Gasteiger partial charge in [0.1, 0.15) is 17.8 Å². The van der Waals surface area contributed by atoms with E-state index in [1.165, 1.54) is 0 Å². The second-order valence-corrected chi connectivity index (χ2v) is 12.0. The predicted molar refractivity (Wildman–Crippen MR) is 156 cm³/mol. The van der Waals surface area contributed by atoms with Gasteiger partial charge in [-0.05, 0) is 69.1 Å². The maximum absolute atomic E-state index is 13.8. The van der Waals surface area contributed by atoms with Gasteiger partial charge in [-0.3, -0.25) is 24.2 Å². The van der Waals surface area contributed by atoms with Gasteiger partial charge in [0, 0.05) is 38.8 Å². The van der Waals surface area contributed by atoms with Gasteiger partial charge in [0.25, 0.3) is 0 Å². The van der Waals surface area contributed by atoms with E-state index in [0.717, 1.165) is 82.4 Å². The van der Waals surface area contributed by atoms with E-state index in [-0.39, 0.29) is 29.8 Å². The van der Waals surface area contributed by atoms with E-state index < -0.39 is 12.1 Å². The minimum atomic E-state index is -0.724. The van der Waals surface area contributed by atoms with Crippen molar-refractivity contribution in [1.29, 1.82) is 0 Å². The molecule has 0 aromatic heterocycles. The Morgan fingerprint density at radius 2 is 1.68 bits per heavy atom. The summed E-state index contributed by atoms with van der Waals surface area (Å²) in [7, 11) is 0. The van der Waals surface area contributed by atoms with Crippen LogP contribution in [0.4, 0.5) is 0 Å². The molecule has 4 aliphatic rings. The van der Waals surface area contributed by atoms with Crippen LogP contribution >= 0.6 is 0 Å². The van der Waals surface area contributed by atoms with Crippen molar-refractivity contribution in [3.8, 4) is 5.75 Å². The molecule has 3 aliphatic heterocycles. The summed E-state index contributed by atoms with van der Waals surface area (Å²) in [4.78, 5) is 45.4. The monoisotopic (exact) mass is 569 g/mol. The Bertz CT molecular complexity index is 1020. The number of likely N-dealkylation sites (tertiary alicyclic amines) is 1. The van der Waals surface area contributed by atoms with Gasteiger partial charge in [0.2, 0.25) is 17.7 Å². The molecule has 10 heteroatoms. The van der Waals surface area contributed by atoms with Gasteiger partial charge in [0.05, 0.1) is 25.9 Å². The van der Waals surface area contributed by atoms with E-state index in [1.54, 1.807) is 0 Å². The maximum Gasteiger partial charge on any atom is 0.243 e. The summed E-state index contributed by atoms with van der Waals surface area (Å²) in [5.74, 6) is 0.240. The Morgan fingerprint density at radius 1 is 0.902 bits per heavy atom. The van der Waals surface area contributed by atoms with E-state index in [9.17, 15) is 14.4 Å². The summed E-state index contributed by atoms with van der Waals surface area (Å²) >= 11 is 0. The molecule has 1 saturated carbocycles. The highest BCUT2D eigenvalue weighted by atomic mass is 16.5. The highest BCUT2D eigenvalue weighted by molar-refractivity contribution is 5.93. The molecule has 3 amide bonds. The molecule has 3 heterocycles. The van der Waals surface area contributed by atoms with Crippen molar-refractivity contribution >= 4 is 17.7 Å². The third-order valence-electron chi connectivity index (χ3n) is 8.92. The molecule has 10 nitrogen and oxygen atoms in total. The number of nitrogens with zero attached hydrogens (tertiary/aromatic N) is 2. The minimum absolute atomic E-state index is 0.128. The number of benzene rings is 1. The Balaban J connectivity index is 1.35. The zero-order chi connectivity index (χ0) is 28.4. The summed E-state index contributed by atoms with van der Waals surface area (Å²) in [5, 5.41) is 9.33. The molecule has 2 bridgehead atoms. The molecule has 1 aliphatic carbocycles. The van der Waals surface area contributed by atoms with Crippen molar-refractivity contribution in [1.82, 2.24) is 25.8 Å². The number of carbonyl (C=O) groups excluding carboxylic acids is 3. The lowest BCUT2D eigenvalue weighted by Gasteiger charge is -2.38. The molecular formula is C31H47N5O5. The van der Waals surface area contributed by atoms with E-state index in [1.807, 2.05) is 24.3 Å². The van der Waals surface area contributed by atoms with Crippen molar-refractivity contribution < 1.29 is 23.9 Å². The first-order valence-corrected chi connectivity index (χ1v) is 15.7. The number of amides is 3. The molecule has 3 atom stereocenters. The second-order valence-electron chi connectivity index (χ2n) is 12.0. The predicted octanol–water partition coefficient (Wildman–Crippen LogP) is 1.62. The Hall–Kier alpha value is -2.69. The Labute approximate surface area is 243 Å². The number of carbonyl (C=O) groups is 3. The number of rotatable bonds is 6. The number of fused-ring (bicyclic) bond motifs is 2. The fourth-order valence-corrected chi connectivity index (χ4v) is 6.25. The zero-order valence-corrected chi connectivity index (χ0v) is 24.3. The van der Waals surface area contributed by atoms with E-state index in [4.69, 9.17) is 9.47 Å². The highest BCUT2D eigenvalue weighted by Gasteiger charge is 2.34. The van der Waals surface area contributed by atoms with Gasteiger partial charge in [-0.25, -0.2) is 0 Å². The van der Waals surface area contributed by atoms with Crippen LogP contribution in [0.1, 0.15) is 63.4 Å². The number of morpholine rings is 1. The number of ether oxygens (including phenoxy) is 2. The molecule has 1 aromatic rings. The van der Waals surface area contributed by atoms with Gasteiger partial charge in [-0.2, -0.15) is 0 Å². The van der Waals surface area contributed by atoms with Gasteiger partial charge in [-0.1, -0.05) is 25.0 Å². The molecule has 3 N–H and O–H groups in total. The molecule has 0 radical (unpaired) electrons. The number of hydrogen-bond acceptors (Lipinski definition) is 7. The summed E-state index contributed by atoms with van der Waals surface area (Å²) < 4.78 is 11.5. The lowest BCUT2D eigenvalue weighted by atomic mass is 9.99. The molecule has 5 rings (SSSR count). The van der Waals surface area contributed by atoms with Crippen molar-refractivity contribution in [2.24, 2.45) is 0 Å². The van der Waals surface area contributed by atoms with Crippen LogP contribution in [0.5, 0.6) is 5.75 Å². The molecule has 3 fully saturated rings. The quantitative estimate of drug-likeness (QED) is 0.477. The number of nitrogens with one attached hydrogen (secondary N) is 3. The molecule has 2 saturated heterocycles. The van der Waals surface area contributed by atoms with E-state index in [2.05, 4.69) is 25.8 Å². The van der Waals surface area contributed by atoms with Crippen LogP contribution in [0.15, 0.2) is 24.3 Å². The third kappa shape index (κ3) is 8.66. The fraction of sp³-hybridized carbons (Fsp3) is 0.710. The molecular weight excluding hydrogens is 522 g/mol. The summed E-state index contributed by atoms with van der Waals surface area (Å²) in [5.41, 5.74) is 1.04. The number of hydrogen-bond donors (Lipinski definition) is 3. The van der Waals surface area contributed by atoms with Crippen LogP contribution in [0, 0.1) is 0 Å². The van der Waals surface area contributed by atoms with Crippen LogP contribution in [-0.4, -0.2) is 104 Å². The Morgan fingerprint density at radius 3 is 2.44 bits per heavy atom. The average molecular weight is 570 g/mol. The van der Waals surface area contributed by atoms with Crippen molar-refractivity contribution in [3.63, 3.8) is 0 Å². The molecule has 0 spiro atoms. The molecule has 226 valence electrons. The van der Waals surface area contributed by atoms with Crippen LogP contribution in [0.3, 0.4) is 0 Å². The van der Waals surface area contributed by atoms with Crippen LogP contribution in [0.2, 0.25) is 0 Å². The smallest absolute Gasteiger partial charge is 0.243 e. The lowest BCUT2D eigenvalue weighted by molar-refractivity contribution is -0.135. The third-order valence-corrected chi connectivity index (χ3v) is 8.92. The van der Waals surface area contributed by atoms with Crippen molar-refractivity contribution in [3.05, 3.63) is 29.8 Å². The van der Waals surface area contributed by atoms with Gasteiger partial charge < -0.3 is 25.4 Å². The van der Waals surface area contributed by atoms with Crippen LogP contribution in [0.25, 0.3) is 0 Å². The normalized spacial score (nSPS) is 27.8. The van der Waals surface area contributed by atoms with Crippen LogP contribution in [-0.2, 0) is 25.5 Å². The summed E-state index contributed by atoms with van der Waals surface area (Å²) in [6.45, 7) is 5.90. The van der Waals surface area contributed by atoms with E-state index >= 15 is 0 Å². The van der Waals surface area contributed by atoms with Gasteiger partial charge in [-0.15, -0.1) is 0 Å². The maximum atomic E-state index is 13.8. The van der Waals surface area contributed by atoms with E-state index in [0.29, 0.717) is 45.6 Å². The zero-order valence-electron chi connectivity index (χ0n) is 24.3. The largest absolute Gasteiger partial charge is 0.494 e. The summed E-state index contributed by atoms with van der Waals surface area (Å²) in [6.07, 6.45) is 8.33. The first kappa shape index (κ1) is 29.8. The Kier molecular flexibility index (Phi) is 10.9. The fourth-order valence-electron chi connectivity index (χ4n) is 6.25. The molecule has 1 aromatic carbocycles. The highest BCUT2D eigenvalue weighted by Crippen LogP contribution is 2.21. The lowest BCUT2D eigenvalue weighted by Crippen LogP contribution is -2.59. The molecule has 41 heavy (non-hydrogen) atoms. The first-order valence-electron chi connectivity index (χ1n) is 15.7. The standard InChI is InChI=1S/C31H47N5O5/c37-29(32-24-8-1-2-9-24)26-11-3-4-18-41-25-10-5-7-23(21-25)22-28(36-13-6-14-36)31(39)34-27(30(38)33-26)12-15-35-16-19-40-20-17-35/h5,7,10,21,24,26-28H,1-4,6,8-9,11-20,22H2,(H,32,37)(H,33,38)(H,34,39)/t26-,27-,28-/m0/s1.